The maximum absolute atomic E-state index is 12.2. The zero-order valence-electron chi connectivity index (χ0n) is 11.5. The minimum Gasteiger partial charge on any atom is -0.406 e. The molecule has 0 aliphatic rings. The fourth-order valence-corrected chi connectivity index (χ4v) is 1.86. The van der Waals surface area contributed by atoms with Crippen molar-refractivity contribution in [2.45, 2.75) is 25.6 Å². The van der Waals surface area contributed by atoms with Gasteiger partial charge in [-0.3, -0.25) is 0 Å². The highest BCUT2D eigenvalue weighted by Gasteiger charge is 2.31. The Morgan fingerprint density at radius 3 is 2.35 bits per heavy atom. The van der Waals surface area contributed by atoms with E-state index in [2.05, 4.69) is 10.1 Å². The van der Waals surface area contributed by atoms with E-state index in [1.54, 1.807) is 6.07 Å². The molecule has 1 aromatic carbocycles. The van der Waals surface area contributed by atoms with Crippen molar-refractivity contribution < 1.29 is 27.4 Å². The van der Waals surface area contributed by atoms with Crippen LogP contribution in [0.4, 0.5) is 13.2 Å². The monoisotopic (exact) mass is 293 g/mol. The molecule has 0 amide bonds. The Hall–Kier alpha value is -1.31. The molecule has 7 heteroatoms. The molecule has 0 saturated carbocycles. The Kier molecular flexibility index (Phi) is 6.25. The van der Waals surface area contributed by atoms with E-state index < -0.39 is 18.7 Å². The third-order valence-corrected chi connectivity index (χ3v) is 2.61. The Morgan fingerprint density at radius 1 is 1.20 bits per heavy atom. The predicted octanol–water partition coefficient (Wildman–Crippen LogP) is 2.85. The van der Waals surface area contributed by atoms with Crippen LogP contribution in [0.1, 0.15) is 18.5 Å². The number of hydrogen-bond donors (Lipinski definition) is 1. The first kappa shape index (κ1) is 16.7. The fraction of sp³-hybridized carbons (Fsp3) is 0.538. The molecule has 20 heavy (non-hydrogen) atoms. The van der Waals surface area contributed by atoms with E-state index in [0.717, 1.165) is 0 Å². The molecule has 114 valence electrons. The van der Waals surface area contributed by atoms with Gasteiger partial charge in [0.05, 0.1) is 6.04 Å². The van der Waals surface area contributed by atoms with Crippen LogP contribution in [0.3, 0.4) is 0 Å². The second kappa shape index (κ2) is 7.47. The van der Waals surface area contributed by atoms with Crippen molar-refractivity contribution in [3.05, 3.63) is 29.8 Å². The van der Waals surface area contributed by atoms with Crippen LogP contribution in [0.25, 0.3) is 0 Å². The zero-order valence-corrected chi connectivity index (χ0v) is 11.5. The van der Waals surface area contributed by atoms with Gasteiger partial charge in [0.1, 0.15) is 5.75 Å². The average molecular weight is 293 g/mol. The van der Waals surface area contributed by atoms with Crippen molar-refractivity contribution >= 4 is 0 Å². The van der Waals surface area contributed by atoms with Crippen LogP contribution in [0.2, 0.25) is 0 Å². The van der Waals surface area contributed by atoms with Crippen LogP contribution in [-0.4, -0.2) is 33.4 Å². The molecule has 0 saturated heterocycles. The molecule has 0 aliphatic heterocycles. The maximum atomic E-state index is 12.2. The van der Waals surface area contributed by atoms with Gasteiger partial charge < -0.3 is 19.5 Å². The third-order valence-electron chi connectivity index (χ3n) is 2.61. The Bertz CT molecular complexity index is 408. The highest BCUT2D eigenvalue weighted by Crippen LogP contribution is 2.27. The largest absolute Gasteiger partial charge is 0.573 e. The highest BCUT2D eigenvalue weighted by molar-refractivity contribution is 5.31. The van der Waals surface area contributed by atoms with Gasteiger partial charge in [-0.1, -0.05) is 19.1 Å². The number of likely N-dealkylation sites (N-methyl/N-ethyl adjacent to an activating group) is 1. The number of ether oxygens (including phenoxy) is 3. The Labute approximate surface area is 115 Å². The van der Waals surface area contributed by atoms with Gasteiger partial charge in [-0.05, 0) is 24.2 Å². The lowest BCUT2D eigenvalue weighted by Crippen LogP contribution is -2.34. The number of halogens is 3. The molecule has 1 aromatic rings. The molecule has 0 aliphatic carbocycles. The summed E-state index contributed by atoms with van der Waals surface area (Å²) < 4.78 is 50.9. The first-order valence-corrected chi connectivity index (χ1v) is 6.06. The van der Waals surface area contributed by atoms with Crippen molar-refractivity contribution in [3.8, 4) is 5.75 Å². The van der Waals surface area contributed by atoms with Crippen molar-refractivity contribution in [2.24, 2.45) is 0 Å². The first-order valence-electron chi connectivity index (χ1n) is 6.06. The van der Waals surface area contributed by atoms with Crippen molar-refractivity contribution in [1.82, 2.24) is 5.32 Å². The molecule has 1 rings (SSSR count). The van der Waals surface area contributed by atoms with Crippen LogP contribution in [0.15, 0.2) is 24.3 Å². The SMILES string of the molecule is CCNC(c1cccc(OC(F)(F)F)c1)C(OC)OC. The molecule has 0 heterocycles. The number of hydrogen-bond acceptors (Lipinski definition) is 4. The van der Waals surface area contributed by atoms with E-state index in [1.807, 2.05) is 6.92 Å². The second-order valence-corrected chi connectivity index (χ2v) is 4.00. The number of nitrogens with one attached hydrogen (secondary N) is 1. The molecular weight excluding hydrogens is 275 g/mol. The predicted molar refractivity (Wildman–Crippen MR) is 67.3 cm³/mol. The van der Waals surface area contributed by atoms with Crippen LogP contribution in [0, 0.1) is 0 Å². The van der Waals surface area contributed by atoms with Crippen LogP contribution in [0.5, 0.6) is 5.75 Å². The Balaban J connectivity index is 2.99. The quantitative estimate of drug-likeness (QED) is 0.785. The summed E-state index contributed by atoms with van der Waals surface area (Å²) in [5.41, 5.74) is 0.585. The summed E-state index contributed by atoms with van der Waals surface area (Å²) in [5, 5.41) is 3.10. The van der Waals surface area contributed by atoms with Gasteiger partial charge >= 0.3 is 6.36 Å². The summed E-state index contributed by atoms with van der Waals surface area (Å²) >= 11 is 0. The molecule has 0 radical (unpaired) electrons. The van der Waals surface area contributed by atoms with Gasteiger partial charge in [0.15, 0.2) is 6.29 Å². The second-order valence-electron chi connectivity index (χ2n) is 4.00. The topological polar surface area (TPSA) is 39.7 Å². The van der Waals surface area contributed by atoms with E-state index in [0.29, 0.717) is 12.1 Å². The highest BCUT2D eigenvalue weighted by atomic mass is 19.4. The van der Waals surface area contributed by atoms with Gasteiger partial charge in [-0.2, -0.15) is 0 Å². The van der Waals surface area contributed by atoms with Gasteiger partial charge in [0.2, 0.25) is 0 Å². The summed E-state index contributed by atoms with van der Waals surface area (Å²) in [6, 6.07) is 5.33. The zero-order chi connectivity index (χ0) is 15.2. The summed E-state index contributed by atoms with van der Waals surface area (Å²) in [4.78, 5) is 0. The number of alkyl halides is 3. The molecule has 0 bridgehead atoms. The number of benzene rings is 1. The van der Waals surface area contributed by atoms with Crippen LogP contribution < -0.4 is 10.1 Å². The van der Waals surface area contributed by atoms with Gasteiger partial charge in [0.25, 0.3) is 0 Å². The smallest absolute Gasteiger partial charge is 0.406 e. The van der Waals surface area contributed by atoms with Gasteiger partial charge in [-0.15, -0.1) is 13.2 Å². The molecule has 0 spiro atoms. The van der Waals surface area contributed by atoms with Crippen LogP contribution in [-0.2, 0) is 9.47 Å². The van der Waals surface area contributed by atoms with Crippen molar-refractivity contribution in [2.75, 3.05) is 20.8 Å². The van der Waals surface area contributed by atoms with Gasteiger partial charge in [-0.25, -0.2) is 0 Å². The minimum atomic E-state index is -4.71. The maximum Gasteiger partial charge on any atom is 0.573 e. The fourth-order valence-electron chi connectivity index (χ4n) is 1.86. The summed E-state index contributed by atoms with van der Waals surface area (Å²) in [6.45, 7) is 2.49. The lowest BCUT2D eigenvalue weighted by molar-refractivity contribution is -0.274. The number of rotatable bonds is 7. The summed E-state index contributed by atoms with van der Waals surface area (Å²) in [7, 11) is 2.93. The van der Waals surface area contributed by atoms with Crippen molar-refractivity contribution in [1.29, 1.82) is 0 Å². The molecular formula is C13H18F3NO3. The van der Waals surface area contributed by atoms with E-state index in [-0.39, 0.29) is 5.75 Å². The van der Waals surface area contributed by atoms with E-state index in [9.17, 15) is 13.2 Å². The first-order chi connectivity index (χ1) is 9.41. The summed E-state index contributed by atoms with van der Waals surface area (Å²) in [5.74, 6) is -0.274. The molecule has 1 N–H and O–H groups in total. The van der Waals surface area contributed by atoms with E-state index in [4.69, 9.17) is 9.47 Å². The minimum absolute atomic E-state index is 0.274. The van der Waals surface area contributed by atoms with Crippen LogP contribution >= 0.6 is 0 Å². The average Bonchev–Trinajstić information content (AvgIpc) is 2.37. The molecule has 1 unspecified atom stereocenters. The molecule has 0 fully saturated rings. The van der Waals surface area contributed by atoms with Crippen molar-refractivity contribution in [3.63, 3.8) is 0 Å². The lowest BCUT2D eigenvalue weighted by atomic mass is 10.1. The molecule has 4 nitrogen and oxygen atoms in total. The summed E-state index contributed by atoms with van der Waals surface area (Å²) in [6.07, 6.45) is -5.33. The van der Waals surface area contributed by atoms with E-state index in [1.165, 1.54) is 32.4 Å². The molecule has 0 aromatic heterocycles. The number of methoxy groups -OCH3 is 2. The van der Waals surface area contributed by atoms with E-state index >= 15 is 0 Å². The third kappa shape index (κ3) is 4.99. The molecule has 1 atom stereocenters. The Morgan fingerprint density at radius 2 is 1.85 bits per heavy atom. The lowest BCUT2D eigenvalue weighted by Gasteiger charge is -2.26. The standard InChI is InChI=1S/C13H18F3NO3/c1-4-17-11(12(18-2)19-3)9-6-5-7-10(8-9)20-13(14,15)16/h5-8,11-12,17H,4H2,1-3H3. The normalized spacial score (nSPS) is 13.6. The van der Waals surface area contributed by atoms with Gasteiger partial charge in [0, 0.05) is 14.2 Å².